The molecule has 2 unspecified atom stereocenters. The van der Waals surface area contributed by atoms with Crippen molar-refractivity contribution in [3.8, 4) is 0 Å². The number of fused-ring (bicyclic) bond motifs is 1. The molecule has 196 valence electrons. The topological polar surface area (TPSA) is 75.7 Å². The van der Waals surface area contributed by atoms with Gasteiger partial charge in [-0.25, -0.2) is 4.39 Å². The van der Waals surface area contributed by atoms with Gasteiger partial charge in [0, 0.05) is 28.8 Å². The van der Waals surface area contributed by atoms with Crippen molar-refractivity contribution in [2.45, 2.75) is 37.8 Å². The third-order valence-corrected chi connectivity index (χ3v) is 6.26. The molecule has 1 aromatic carbocycles. The van der Waals surface area contributed by atoms with Crippen LogP contribution in [-0.4, -0.2) is 53.2 Å². The second-order valence-corrected chi connectivity index (χ2v) is 8.90. The fraction of sp³-hybridized carbons (Fsp3) is 0.360. The van der Waals surface area contributed by atoms with E-state index in [0.717, 1.165) is 6.08 Å². The summed E-state index contributed by atoms with van der Waals surface area (Å²) in [4.78, 5) is 10.6. The molecule has 37 heavy (non-hydrogen) atoms. The van der Waals surface area contributed by atoms with E-state index in [4.69, 9.17) is 10.8 Å². The van der Waals surface area contributed by atoms with E-state index in [1.807, 2.05) is 0 Å². The Morgan fingerprint density at radius 3 is 2.41 bits per heavy atom. The number of nitrogens with zero attached hydrogens (tertiary/aromatic N) is 3. The monoisotopic (exact) mass is 525 g/mol. The van der Waals surface area contributed by atoms with Gasteiger partial charge in [0.15, 0.2) is 6.17 Å². The molecule has 3 aliphatic rings. The number of hydrogen-bond acceptors (Lipinski definition) is 5. The van der Waals surface area contributed by atoms with Gasteiger partial charge >= 0.3 is 12.4 Å². The van der Waals surface area contributed by atoms with Crippen molar-refractivity contribution in [1.29, 1.82) is 10.8 Å². The van der Waals surface area contributed by atoms with Crippen LogP contribution in [0, 0.1) is 22.6 Å². The highest BCUT2D eigenvalue weighted by Gasteiger charge is 2.48. The minimum atomic E-state index is -4.93. The minimum Gasteiger partial charge on any atom is -0.366 e. The number of aliphatic imine (C=N–C) groups is 2. The molecule has 4 rings (SSSR count). The number of benzene rings is 1. The van der Waals surface area contributed by atoms with Crippen LogP contribution in [-0.2, 0) is 0 Å². The first kappa shape index (κ1) is 26.5. The first-order chi connectivity index (χ1) is 17.3. The summed E-state index contributed by atoms with van der Waals surface area (Å²) in [5.74, 6) is -2.84. The Morgan fingerprint density at radius 1 is 1.00 bits per heavy atom. The molecule has 2 N–H and O–H groups in total. The maximum Gasteiger partial charge on any atom is 0.412 e. The molecular weight excluding hydrogens is 503 g/mol. The summed E-state index contributed by atoms with van der Waals surface area (Å²) in [5, 5.41) is 16.3. The van der Waals surface area contributed by atoms with Crippen LogP contribution in [0.5, 0.6) is 0 Å². The largest absolute Gasteiger partial charge is 0.412 e. The summed E-state index contributed by atoms with van der Waals surface area (Å²) in [6.07, 6.45) is -7.35. The third kappa shape index (κ3) is 6.05. The van der Waals surface area contributed by atoms with E-state index in [0.29, 0.717) is 29.6 Å². The van der Waals surface area contributed by atoms with Crippen molar-refractivity contribution < 1.29 is 30.7 Å². The van der Waals surface area contributed by atoms with Crippen LogP contribution >= 0.6 is 0 Å². The van der Waals surface area contributed by atoms with Gasteiger partial charge in [-0.2, -0.15) is 26.3 Å². The van der Waals surface area contributed by atoms with Crippen LogP contribution in [0.25, 0.3) is 0 Å². The lowest BCUT2D eigenvalue weighted by Crippen LogP contribution is -2.36. The Morgan fingerprint density at radius 2 is 1.73 bits per heavy atom. The zero-order valence-corrected chi connectivity index (χ0v) is 19.3. The average molecular weight is 525 g/mol. The van der Waals surface area contributed by atoms with E-state index in [1.54, 1.807) is 35.4 Å². The first-order valence-electron chi connectivity index (χ1n) is 11.3. The lowest BCUT2D eigenvalue weighted by atomic mass is 9.82. The molecule has 0 spiro atoms. The van der Waals surface area contributed by atoms with Gasteiger partial charge in [0.1, 0.15) is 5.82 Å². The third-order valence-electron chi connectivity index (χ3n) is 6.26. The highest BCUT2D eigenvalue weighted by molar-refractivity contribution is 6.48. The zero-order chi connectivity index (χ0) is 27.0. The van der Waals surface area contributed by atoms with Crippen LogP contribution in [0.3, 0.4) is 0 Å². The average Bonchev–Trinajstić information content (AvgIpc) is 3.24. The summed E-state index contributed by atoms with van der Waals surface area (Å²) in [6, 6.07) is 6.18. The fourth-order valence-electron chi connectivity index (χ4n) is 4.33. The Hall–Kier alpha value is -3.57. The number of allylic oxidation sites excluding steroid dienone is 5. The summed E-state index contributed by atoms with van der Waals surface area (Å²) in [6.45, 7) is 0.409. The van der Waals surface area contributed by atoms with E-state index in [1.165, 1.54) is 6.07 Å². The van der Waals surface area contributed by atoms with Crippen molar-refractivity contribution in [2.75, 3.05) is 13.1 Å². The number of alkyl halides is 6. The van der Waals surface area contributed by atoms with Crippen LogP contribution in [0.1, 0.15) is 31.0 Å². The quantitative estimate of drug-likeness (QED) is 0.315. The molecule has 0 fully saturated rings. The van der Waals surface area contributed by atoms with Crippen LogP contribution in [0.15, 0.2) is 69.8 Å². The van der Waals surface area contributed by atoms with E-state index in [-0.39, 0.29) is 25.1 Å². The minimum absolute atomic E-state index is 0.0355. The molecule has 5 nitrogen and oxygen atoms in total. The van der Waals surface area contributed by atoms with E-state index >= 15 is 0 Å². The lowest BCUT2D eigenvalue weighted by Gasteiger charge is -2.28. The molecule has 0 radical (unpaired) electrons. The molecule has 0 aromatic heterocycles. The number of hydrogen-bond donors (Lipinski definition) is 2. The molecule has 1 aromatic rings. The number of rotatable bonds is 7. The highest BCUT2D eigenvalue weighted by atomic mass is 19.4. The van der Waals surface area contributed by atoms with Crippen LogP contribution in [0.2, 0.25) is 0 Å². The maximum atomic E-state index is 14.1. The molecule has 0 saturated carbocycles. The Labute approximate surface area is 207 Å². The Balaban J connectivity index is 1.35. The number of halogens is 7. The second-order valence-electron chi connectivity index (χ2n) is 8.90. The molecule has 12 heteroatoms. The van der Waals surface area contributed by atoms with Gasteiger partial charge in [-0.3, -0.25) is 9.98 Å². The van der Waals surface area contributed by atoms with Gasteiger partial charge in [0.05, 0.1) is 30.4 Å². The molecular formula is C25H22F7N5. The van der Waals surface area contributed by atoms with Gasteiger partial charge in [0.2, 0.25) is 0 Å². The zero-order valence-electron chi connectivity index (χ0n) is 19.3. The molecule has 2 atom stereocenters. The van der Waals surface area contributed by atoms with Gasteiger partial charge in [0.25, 0.3) is 0 Å². The standard InChI is InChI=1S/C25H22F7N5/c26-19-4-2-1-3-17(19)23-35-21-9-10-37(13-22(21)36-23)12-15(33)6-8-20(34)16-7-5-14(24(27,28)29)11-18(16)25(30,31)32/h1-5,7,9-10,18,23,33-34H,6,8,11-13H2. The smallest absolute Gasteiger partial charge is 0.366 e. The molecule has 0 amide bonds. The molecule has 1 aliphatic carbocycles. The highest BCUT2D eigenvalue weighted by Crippen LogP contribution is 2.43. The maximum absolute atomic E-state index is 14.1. The van der Waals surface area contributed by atoms with Crippen molar-refractivity contribution in [3.05, 3.63) is 71.2 Å². The van der Waals surface area contributed by atoms with Crippen molar-refractivity contribution in [3.63, 3.8) is 0 Å². The summed E-state index contributed by atoms with van der Waals surface area (Å²) in [5.41, 5.74) is -0.547. The SMILES string of the molecule is N=C(CCC(=N)C1=CC=C(C(F)(F)F)CC1C(F)(F)F)CN1C=CC2=NC(c3ccccc3F)N=C2C1. The molecule has 0 saturated heterocycles. The second kappa shape index (κ2) is 10.1. The predicted octanol–water partition coefficient (Wildman–Crippen LogP) is 6.37. The molecule has 2 aliphatic heterocycles. The molecule has 0 bridgehead atoms. The van der Waals surface area contributed by atoms with Crippen molar-refractivity contribution in [2.24, 2.45) is 15.9 Å². The van der Waals surface area contributed by atoms with Gasteiger partial charge < -0.3 is 15.7 Å². The summed E-state index contributed by atoms with van der Waals surface area (Å²) in [7, 11) is 0. The Bertz CT molecular complexity index is 1250. The van der Waals surface area contributed by atoms with E-state index in [2.05, 4.69) is 9.98 Å². The number of nitrogens with one attached hydrogen (secondary N) is 2. The lowest BCUT2D eigenvalue weighted by molar-refractivity contribution is -0.167. The van der Waals surface area contributed by atoms with Gasteiger partial charge in [-0.05, 0) is 37.0 Å². The van der Waals surface area contributed by atoms with Gasteiger partial charge in [-0.15, -0.1) is 0 Å². The Kier molecular flexibility index (Phi) is 7.20. The summed E-state index contributed by atoms with van der Waals surface area (Å²) >= 11 is 0. The summed E-state index contributed by atoms with van der Waals surface area (Å²) < 4.78 is 93.2. The predicted molar refractivity (Wildman–Crippen MR) is 126 cm³/mol. The van der Waals surface area contributed by atoms with Crippen LogP contribution < -0.4 is 0 Å². The fourth-order valence-corrected chi connectivity index (χ4v) is 4.33. The van der Waals surface area contributed by atoms with E-state index in [9.17, 15) is 30.7 Å². The van der Waals surface area contributed by atoms with Crippen molar-refractivity contribution >= 4 is 22.8 Å². The van der Waals surface area contributed by atoms with E-state index < -0.39 is 53.5 Å². The van der Waals surface area contributed by atoms with Gasteiger partial charge in [-0.1, -0.05) is 30.4 Å². The van der Waals surface area contributed by atoms with Crippen LogP contribution in [0.4, 0.5) is 30.7 Å². The molecule has 2 heterocycles. The van der Waals surface area contributed by atoms with Crippen molar-refractivity contribution in [1.82, 2.24) is 4.90 Å². The first-order valence-corrected chi connectivity index (χ1v) is 11.3. The normalized spacial score (nSPS) is 21.6.